The second kappa shape index (κ2) is 6.89. The van der Waals surface area contributed by atoms with Gasteiger partial charge in [-0.05, 0) is 36.2 Å². The molecule has 0 amide bonds. The number of anilines is 2. The van der Waals surface area contributed by atoms with E-state index in [0.717, 1.165) is 0 Å². The number of Topliss-reactive ketones (excluding diaryl/α,β-unsaturated/α-hetero) is 1. The van der Waals surface area contributed by atoms with E-state index in [-0.39, 0.29) is 29.8 Å². The van der Waals surface area contributed by atoms with Gasteiger partial charge >= 0.3 is 6.36 Å². The molecule has 0 spiro atoms. The number of aromatic nitrogens is 3. The molecule has 2 atom stereocenters. The highest BCUT2D eigenvalue weighted by molar-refractivity contribution is 6.00. The van der Waals surface area contributed by atoms with Crippen molar-refractivity contribution in [2.75, 3.05) is 11.1 Å². The number of carbonyl (C=O) groups is 1. The van der Waals surface area contributed by atoms with Gasteiger partial charge in [0.05, 0.1) is 6.26 Å². The number of hydrogen-bond acceptors (Lipinski definition) is 7. The number of nitrogens with two attached hydrogens (primary N) is 1. The molecule has 31 heavy (non-hydrogen) atoms. The first kappa shape index (κ1) is 19.2. The number of ketones is 1. The Bertz CT molecular complexity index is 1170. The summed E-state index contributed by atoms with van der Waals surface area (Å²) >= 11 is 0. The number of ether oxygens (including phenoxy) is 1. The molecule has 8 nitrogen and oxygen atoms in total. The van der Waals surface area contributed by atoms with Gasteiger partial charge in [-0.25, -0.2) is 4.68 Å². The van der Waals surface area contributed by atoms with Gasteiger partial charge in [-0.2, -0.15) is 4.98 Å². The number of nitrogens with one attached hydrogen (secondary N) is 1. The number of carbonyl (C=O) groups excluding carboxylic acids is 1. The number of rotatable bonds is 3. The normalized spacial score (nSPS) is 20.8. The number of hydrogen-bond donors (Lipinski definition) is 2. The SMILES string of the molecule is Nc1nc2n(n1)[C@@H](c1ccc(OC(F)(F)F)cc1)C1=C(C[C@H](c3ccco3)CC1=O)N2. The van der Waals surface area contributed by atoms with Crippen molar-refractivity contribution in [3.05, 3.63) is 65.3 Å². The van der Waals surface area contributed by atoms with Gasteiger partial charge in [-0.3, -0.25) is 4.79 Å². The molecule has 0 fully saturated rings. The minimum Gasteiger partial charge on any atom is -0.469 e. The van der Waals surface area contributed by atoms with E-state index in [1.807, 2.05) is 6.07 Å². The van der Waals surface area contributed by atoms with Crippen molar-refractivity contribution in [2.45, 2.75) is 31.2 Å². The molecule has 1 aliphatic carbocycles. The highest BCUT2D eigenvalue weighted by Gasteiger charge is 2.40. The van der Waals surface area contributed by atoms with Crippen molar-refractivity contribution in [3.63, 3.8) is 0 Å². The molecule has 2 aromatic heterocycles. The predicted molar refractivity (Wildman–Crippen MR) is 102 cm³/mol. The third-order valence-corrected chi connectivity index (χ3v) is 5.31. The second-order valence-corrected chi connectivity index (χ2v) is 7.32. The van der Waals surface area contributed by atoms with Crippen molar-refractivity contribution in [1.82, 2.24) is 14.8 Å². The summed E-state index contributed by atoms with van der Waals surface area (Å²) in [4.78, 5) is 17.4. The Hall–Kier alpha value is -3.76. The Labute approximate surface area is 173 Å². The van der Waals surface area contributed by atoms with Crippen LogP contribution in [0.25, 0.3) is 0 Å². The zero-order valence-electron chi connectivity index (χ0n) is 15.9. The smallest absolute Gasteiger partial charge is 0.469 e. The largest absolute Gasteiger partial charge is 0.573 e. The van der Waals surface area contributed by atoms with Gasteiger partial charge < -0.3 is 20.2 Å². The van der Waals surface area contributed by atoms with Gasteiger partial charge in [0.2, 0.25) is 11.9 Å². The fourth-order valence-corrected chi connectivity index (χ4v) is 4.11. The lowest BCUT2D eigenvalue weighted by molar-refractivity contribution is -0.274. The fraction of sp³-hybridized carbons (Fsp3) is 0.250. The van der Waals surface area contributed by atoms with Crippen molar-refractivity contribution in [2.24, 2.45) is 0 Å². The monoisotopic (exact) mass is 431 g/mol. The molecule has 160 valence electrons. The molecular formula is C20H16F3N5O3. The average molecular weight is 431 g/mol. The van der Waals surface area contributed by atoms with E-state index in [9.17, 15) is 18.0 Å². The Morgan fingerprint density at radius 1 is 1.19 bits per heavy atom. The number of nitrogen functional groups attached to an aromatic ring is 1. The van der Waals surface area contributed by atoms with Crippen LogP contribution in [-0.4, -0.2) is 26.9 Å². The van der Waals surface area contributed by atoms with Crippen LogP contribution in [0.2, 0.25) is 0 Å². The minimum atomic E-state index is -4.79. The van der Waals surface area contributed by atoms with Crippen LogP contribution in [0.4, 0.5) is 25.1 Å². The maximum Gasteiger partial charge on any atom is 0.573 e. The van der Waals surface area contributed by atoms with E-state index in [4.69, 9.17) is 10.2 Å². The Morgan fingerprint density at radius 2 is 1.97 bits per heavy atom. The number of benzene rings is 1. The highest BCUT2D eigenvalue weighted by Crippen LogP contribution is 2.44. The van der Waals surface area contributed by atoms with Crippen LogP contribution < -0.4 is 15.8 Å². The molecular weight excluding hydrogens is 415 g/mol. The van der Waals surface area contributed by atoms with Crippen molar-refractivity contribution >= 4 is 17.7 Å². The number of fused-ring (bicyclic) bond motifs is 1. The van der Waals surface area contributed by atoms with Crippen molar-refractivity contribution in [3.8, 4) is 5.75 Å². The first-order valence-corrected chi connectivity index (χ1v) is 9.43. The number of halogens is 3. The number of nitrogens with zero attached hydrogens (tertiary/aromatic N) is 3. The van der Waals surface area contributed by atoms with Crippen molar-refractivity contribution in [1.29, 1.82) is 0 Å². The van der Waals surface area contributed by atoms with Crippen LogP contribution in [0.15, 0.2) is 58.3 Å². The zero-order valence-corrected chi connectivity index (χ0v) is 15.9. The molecule has 3 aromatic rings. The van der Waals surface area contributed by atoms with Crippen LogP contribution in [0.5, 0.6) is 5.75 Å². The molecule has 11 heteroatoms. The van der Waals surface area contributed by atoms with E-state index in [2.05, 4.69) is 20.1 Å². The van der Waals surface area contributed by atoms with Gasteiger partial charge in [0.1, 0.15) is 17.6 Å². The molecule has 3 heterocycles. The Kier molecular flexibility index (Phi) is 4.27. The van der Waals surface area contributed by atoms with Crippen LogP contribution in [0.1, 0.15) is 36.1 Å². The van der Waals surface area contributed by atoms with E-state index in [0.29, 0.717) is 35.0 Å². The summed E-state index contributed by atoms with van der Waals surface area (Å²) in [6.07, 6.45) is -2.49. The molecule has 1 aromatic carbocycles. The standard InChI is InChI=1S/C20H16F3N5O3/c21-20(22,23)31-12-5-3-10(4-6-12)17-16-13(25-19-26-18(24)27-28(17)19)8-11(9-14(16)29)15-2-1-7-30-15/h1-7,11,17H,8-9H2,(H3,24,25,26,27)/t11-,17-/m0/s1. The predicted octanol–water partition coefficient (Wildman–Crippen LogP) is 3.77. The first-order chi connectivity index (χ1) is 14.8. The maximum atomic E-state index is 13.2. The van der Waals surface area contributed by atoms with E-state index >= 15 is 0 Å². The van der Waals surface area contributed by atoms with Crippen LogP contribution in [0, 0.1) is 0 Å². The summed E-state index contributed by atoms with van der Waals surface area (Å²) in [6, 6.07) is 8.24. The third kappa shape index (κ3) is 3.51. The molecule has 0 saturated heterocycles. The van der Waals surface area contributed by atoms with Crippen LogP contribution >= 0.6 is 0 Å². The van der Waals surface area contributed by atoms with E-state index in [1.54, 1.807) is 12.3 Å². The average Bonchev–Trinajstić information content (AvgIpc) is 3.34. The molecule has 0 radical (unpaired) electrons. The maximum absolute atomic E-state index is 13.2. The van der Waals surface area contributed by atoms with Gasteiger partial charge in [-0.15, -0.1) is 18.3 Å². The van der Waals surface area contributed by atoms with Crippen molar-refractivity contribution < 1.29 is 27.1 Å². The minimum absolute atomic E-state index is 0.0133. The summed E-state index contributed by atoms with van der Waals surface area (Å²) in [7, 11) is 0. The zero-order chi connectivity index (χ0) is 21.8. The summed E-state index contributed by atoms with van der Waals surface area (Å²) in [5.41, 5.74) is 7.47. The Morgan fingerprint density at radius 3 is 2.65 bits per heavy atom. The van der Waals surface area contributed by atoms with Gasteiger partial charge in [0.25, 0.3) is 0 Å². The Balaban J connectivity index is 1.55. The number of furan rings is 1. The molecule has 2 aliphatic rings. The number of alkyl halides is 3. The van der Waals surface area contributed by atoms with Gasteiger partial charge in [0, 0.05) is 23.6 Å². The lowest BCUT2D eigenvalue weighted by atomic mass is 9.79. The molecule has 1 aliphatic heterocycles. The van der Waals surface area contributed by atoms with E-state index < -0.39 is 12.4 Å². The van der Waals surface area contributed by atoms with Gasteiger partial charge in [0.15, 0.2) is 5.78 Å². The summed E-state index contributed by atoms with van der Waals surface area (Å²) in [6.45, 7) is 0. The first-order valence-electron chi connectivity index (χ1n) is 9.43. The molecule has 0 unspecified atom stereocenters. The van der Waals surface area contributed by atoms with Crippen LogP contribution in [-0.2, 0) is 4.79 Å². The van der Waals surface area contributed by atoms with Gasteiger partial charge in [-0.1, -0.05) is 12.1 Å². The second-order valence-electron chi connectivity index (χ2n) is 7.32. The summed E-state index contributed by atoms with van der Waals surface area (Å²) < 4.78 is 48.4. The molecule has 0 bridgehead atoms. The van der Waals surface area contributed by atoms with E-state index in [1.165, 1.54) is 28.9 Å². The summed E-state index contributed by atoms with van der Waals surface area (Å²) in [5.74, 6) is 0.465. The lowest BCUT2D eigenvalue weighted by Crippen LogP contribution is -2.33. The molecule has 3 N–H and O–H groups in total. The molecule has 5 rings (SSSR count). The fourth-order valence-electron chi connectivity index (χ4n) is 4.11. The number of allylic oxidation sites excluding steroid dienone is 2. The summed E-state index contributed by atoms with van der Waals surface area (Å²) in [5, 5.41) is 7.33. The topological polar surface area (TPSA) is 108 Å². The quantitative estimate of drug-likeness (QED) is 0.650. The lowest BCUT2D eigenvalue weighted by Gasteiger charge is -2.34. The van der Waals surface area contributed by atoms with Crippen LogP contribution in [0.3, 0.4) is 0 Å². The third-order valence-electron chi connectivity index (χ3n) is 5.31. The molecule has 0 saturated carbocycles. The highest BCUT2D eigenvalue weighted by atomic mass is 19.4.